The minimum Gasteiger partial charge on any atom is -0.488 e. The third-order valence-electron chi connectivity index (χ3n) is 9.42. The lowest BCUT2D eigenvalue weighted by Gasteiger charge is -2.18. The lowest BCUT2D eigenvalue weighted by atomic mass is 9.93. The van der Waals surface area contributed by atoms with Crippen molar-refractivity contribution >= 4 is 35.1 Å². The molecule has 1 amide bonds. The van der Waals surface area contributed by atoms with Gasteiger partial charge in [-0.25, -0.2) is 0 Å². The number of rotatable bonds is 21. The van der Waals surface area contributed by atoms with Gasteiger partial charge >= 0.3 is 11.9 Å². The highest BCUT2D eigenvalue weighted by molar-refractivity contribution is 6.32. The predicted octanol–water partition coefficient (Wildman–Crippen LogP) is 5.55. The predicted molar refractivity (Wildman–Crippen MR) is 223 cm³/mol. The summed E-state index contributed by atoms with van der Waals surface area (Å²) in [5.41, 5.74) is 7.77. The first kappa shape index (κ1) is 44.7. The number of halogens is 1. The van der Waals surface area contributed by atoms with E-state index in [-0.39, 0.29) is 45.0 Å². The van der Waals surface area contributed by atoms with Gasteiger partial charge in [0.2, 0.25) is 0 Å². The molecule has 312 valence electrons. The number of aliphatic hydroxyl groups is 2. The molecule has 16 heteroatoms. The van der Waals surface area contributed by atoms with Crippen molar-refractivity contribution in [2.24, 2.45) is 0 Å². The highest BCUT2D eigenvalue weighted by Crippen LogP contribution is 2.36. The summed E-state index contributed by atoms with van der Waals surface area (Å²) in [4.78, 5) is 43.4. The Balaban J connectivity index is 1.28. The SMILES string of the molecule is Cc1c(COc2cc(OCc3cncc(C#N)c3)c(CNC[C@@H](O)CC(=O)O)cc2Cl)cccc1-c1cccc(NC(=O)c2ccc(CNC[C@@H](O)CC(=O)O)cn2)c1C. The molecular formula is C44H45ClN6O9. The topological polar surface area (TPSA) is 236 Å². The van der Waals surface area contributed by atoms with E-state index in [2.05, 4.69) is 32.0 Å². The summed E-state index contributed by atoms with van der Waals surface area (Å²) in [6.07, 6.45) is 1.73. The largest absolute Gasteiger partial charge is 0.488 e. The van der Waals surface area contributed by atoms with Crippen molar-refractivity contribution < 1.29 is 44.3 Å². The number of hydrogen-bond acceptors (Lipinski definition) is 12. The Morgan fingerprint density at radius 1 is 0.767 bits per heavy atom. The van der Waals surface area contributed by atoms with Gasteiger partial charge in [-0.1, -0.05) is 48.0 Å². The van der Waals surface area contributed by atoms with Gasteiger partial charge < -0.3 is 45.9 Å². The molecule has 5 rings (SSSR count). The number of carbonyl (C=O) groups is 3. The monoisotopic (exact) mass is 836 g/mol. The van der Waals surface area contributed by atoms with Crippen LogP contribution in [0.25, 0.3) is 11.1 Å². The lowest BCUT2D eigenvalue weighted by Crippen LogP contribution is -2.28. The highest BCUT2D eigenvalue weighted by atomic mass is 35.5. The van der Waals surface area contributed by atoms with Gasteiger partial charge in [-0.15, -0.1) is 0 Å². The molecule has 0 unspecified atom stereocenters. The van der Waals surface area contributed by atoms with E-state index >= 15 is 0 Å². The Morgan fingerprint density at radius 2 is 1.43 bits per heavy atom. The third-order valence-corrected chi connectivity index (χ3v) is 9.71. The molecule has 0 aliphatic carbocycles. The zero-order chi connectivity index (χ0) is 43.2. The van der Waals surface area contributed by atoms with Crippen LogP contribution in [0.5, 0.6) is 11.5 Å². The number of pyridine rings is 2. The summed E-state index contributed by atoms with van der Waals surface area (Å²) >= 11 is 6.73. The molecule has 0 saturated heterocycles. The molecule has 0 radical (unpaired) electrons. The van der Waals surface area contributed by atoms with Crippen LogP contribution in [0.15, 0.2) is 85.3 Å². The van der Waals surface area contributed by atoms with Crippen molar-refractivity contribution in [1.82, 2.24) is 20.6 Å². The van der Waals surface area contributed by atoms with Crippen LogP contribution in [0.2, 0.25) is 5.02 Å². The molecule has 7 N–H and O–H groups in total. The van der Waals surface area contributed by atoms with Crippen molar-refractivity contribution in [1.29, 1.82) is 5.26 Å². The Kier molecular flexibility index (Phi) is 16.1. The van der Waals surface area contributed by atoms with Crippen molar-refractivity contribution in [2.75, 3.05) is 18.4 Å². The normalized spacial score (nSPS) is 11.9. The Bertz CT molecular complexity index is 2350. The number of amides is 1. The molecule has 0 aliphatic heterocycles. The first-order valence-electron chi connectivity index (χ1n) is 18.9. The van der Waals surface area contributed by atoms with Gasteiger partial charge in [0.05, 0.1) is 35.6 Å². The molecule has 0 saturated carbocycles. The van der Waals surface area contributed by atoms with E-state index in [4.69, 9.17) is 31.3 Å². The second-order valence-electron chi connectivity index (χ2n) is 14.0. The fraction of sp³-hybridized carbons (Fsp3) is 0.273. The van der Waals surface area contributed by atoms with Gasteiger partial charge in [-0.05, 0) is 71.5 Å². The van der Waals surface area contributed by atoms with E-state index in [1.54, 1.807) is 42.7 Å². The van der Waals surface area contributed by atoms with E-state index in [1.165, 1.54) is 6.20 Å². The number of carboxylic acids is 2. The minimum atomic E-state index is -1.11. The zero-order valence-electron chi connectivity index (χ0n) is 32.9. The maximum absolute atomic E-state index is 13.2. The number of nitrogens with one attached hydrogen (secondary N) is 3. The van der Waals surface area contributed by atoms with E-state index in [1.807, 2.05) is 50.2 Å². The Hall–Kier alpha value is -6.41. The number of carbonyl (C=O) groups excluding carboxylic acids is 1. The first-order chi connectivity index (χ1) is 28.8. The molecule has 2 atom stereocenters. The smallest absolute Gasteiger partial charge is 0.306 e. The number of ether oxygens (including phenoxy) is 2. The second kappa shape index (κ2) is 21.6. The third kappa shape index (κ3) is 12.8. The number of anilines is 1. The van der Waals surface area contributed by atoms with Crippen LogP contribution in [-0.2, 0) is 35.9 Å². The van der Waals surface area contributed by atoms with Crippen molar-refractivity contribution in [3.8, 4) is 28.7 Å². The van der Waals surface area contributed by atoms with Gasteiger partial charge in [0.1, 0.15) is 36.5 Å². The van der Waals surface area contributed by atoms with Crippen molar-refractivity contribution in [3.05, 3.63) is 135 Å². The Morgan fingerprint density at radius 3 is 2.10 bits per heavy atom. The number of aliphatic carboxylic acids is 2. The maximum atomic E-state index is 13.2. The first-order valence-corrected chi connectivity index (χ1v) is 19.3. The summed E-state index contributed by atoms with van der Waals surface area (Å²) in [6.45, 7) is 4.82. The summed E-state index contributed by atoms with van der Waals surface area (Å²) in [5, 5.41) is 56.1. The fourth-order valence-electron chi connectivity index (χ4n) is 6.25. The molecule has 5 aromatic rings. The second-order valence-corrected chi connectivity index (χ2v) is 14.4. The fourth-order valence-corrected chi connectivity index (χ4v) is 6.49. The lowest BCUT2D eigenvalue weighted by molar-refractivity contribution is -0.140. The molecule has 3 aromatic carbocycles. The summed E-state index contributed by atoms with van der Waals surface area (Å²) in [6, 6.07) is 21.9. The van der Waals surface area contributed by atoms with Crippen LogP contribution < -0.4 is 25.4 Å². The molecule has 15 nitrogen and oxygen atoms in total. The molecule has 0 spiro atoms. The van der Waals surface area contributed by atoms with Crippen LogP contribution in [0, 0.1) is 25.2 Å². The molecule has 0 aliphatic rings. The number of benzene rings is 3. The molecule has 2 aromatic heterocycles. The summed E-state index contributed by atoms with van der Waals surface area (Å²) in [5.74, 6) is -1.81. The van der Waals surface area contributed by atoms with Crippen LogP contribution in [0.1, 0.15) is 62.3 Å². The number of aliphatic hydroxyl groups excluding tert-OH is 2. The van der Waals surface area contributed by atoms with Gasteiger partial charge in [0, 0.05) is 67.7 Å². The number of aromatic nitrogens is 2. The number of hydrogen-bond donors (Lipinski definition) is 7. The standard InChI is InChI=1S/C44H45ClN6O9/c1-26-31(25-60-41-15-40(59-24-30-11-29(16-46)18-47-19-30)32(12-37(41)45)21-49-23-34(53)14-43(56)57)5-3-6-35(26)36-7-4-8-38(27(36)2)51-44(58)39-10-9-28(20-50-39)17-48-22-33(52)13-42(54)55/h3-12,15,18-20,33-34,48-49,52-53H,13-14,17,21-25H2,1-2H3,(H,51,58)(H,54,55)(H,56,57)/t33-,34-/m0/s1. The highest BCUT2D eigenvalue weighted by Gasteiger charge is 2.17. The summed E-state index contributed by atoms with van der Waals surface area (Å²) in [7, 11) is 0. The average Bonchev–Trinajstić information content (AvgIpc) is 3.21. The van der Waals surface area contributed by atoms with Crippen molar-refractivity contribution in [3.63, 3.8) is 0 Å². The average molecular weight is 837 g/mol. The van der Waals surface area contributed by atoms with E-state index in [0.717, 1.165) is 33.4 Å². The van der Waals surface area contributed by atoms with Gasteiger partial charge in [0.15, 0.2) is 0 Å². The van der Waals surface area contributed by atoms with Gasteiger partial charge in [-0.3, -0.25) is 24.4 Å². The van der Waals surface area contributed by atoms with Crippen LogP contribution >= 0.6 is 11.6 Å². The molecule has 60 heavy (non-hydrogen) atoms. The minimum absolute atomic E-state index is 0.0255. The van der Waals surface area contributed by atoms with Crippen molar-refractivity contribution in [2.45, 2.75) is 65.2 Å². The number of carboxylic acid groups (broad SMARTS) is 2. The van der Waals surface area contributed by atoms with Crippen LogP contribution in [0.4, 0.5) is 5.69 Å². The summed E-state index contributed by atoms with van der Waals surface area (Å²) < 4.78 is 12.4. The Labute approximate surface area is 351 Å². The van der Waals surface area contributed by atoms with Gasteiger partial charge in [0.25, 0.3) is 5.91 Å². The molecule has 0 bridgehead atoms. The van der Waals surface area contributed by atoms with E-state index in [9.17, 15) is 29.9 Å². The molecule has 2 heterocycles. The molecular weight excluding hydrogens is 792 g/mol. The maximum Gasteiger partial charge on any atom is 0.306 e. The van der Waals surface area contributed by atoms with E-state index in [0.29, 0.717) is 45.4 Å². The van der Waals surface area contributed by atoms with Crippen LogP contribution in [0.3, 0.4) is 0 Å². The van der Waals surface area contributed by atoms with Crippen LogP contribution in [-0.4, -0.2) is 73.5 Å². The zero-order valence-corrected chi connectivity index (χ0v) is 33.7. The van der Waals surface area contributed by atoms with Gasteiger partial charge in [-0.2, -0.15) is 5.26 Å². The number of nitriles is 1. The molecule has 0 fully saturated rings. The van der Waals surface area contributed by atoms with E-state index < -0.39 is 36.5 Å². The quantitative estimate of drug-likeness (QED) is 0.0481. The number of nitrogens with zero attached hydrogens (tertiary/aromatic N) is 3.